The minimum absolute atomic E-state index is 0. The average Bonchev–Trinajstić information content (AvgIpc) is 3.37. The van der Waals surface area contributed by atoms with E-state index < -0.39 is 0 Å². The number of benzene rings is 1. The molecule has 1 fully saturated rings. The number of amides is 1. The number of thiazole rings is 1. The highest BCUT2D eigenvalue weighted by Crippen LogP contribution is 2.28. The maximum absolute atomic E-state index is 13.2. The zero-order valence-corrected chi connectivity index (χ0v) is 19.7. The van der Waals surface area contributed by atoms with E-state index in [2.05, 4.69) is 53.4 Å². The summed E-state index contributed by atoms with van der Waals surface area (Å²) in [7, 11) is 1.96. The molecule has 3 aromatic rings. The zero-order valence-electron chi connectivity index (χ0n) is 17.2. The summed E-state index contributed by atoms with van der Waals surface area (Å²) in [6, 6.07) is 8.36. The average molecular weight is 468 g/mol. The molecule has 3 heterocycles. The van der Waals surface area contributed by atoms with Crippen LogP contribution in [-0.2, 0) is 7.05 Å². The lowest BCUT2D eigenvalue weighted by Gasteiger charge is -2.35. The highest BCUT2D eigenvalue weighted by molar-refractivity contribution is 7.13. The van der Waals surface area contributed by atoms with Crippen LogP contribution in [0.15, 0.2) is 42.0 Å². The van der Waals surface area contributed by atoms with Gasteiger partial charge in [-0.1, -0.05) is 38.1 Å². The molecule has 0 spiro atoms. The summed E-state index contributed by atoms with van der Waals surface area (Å²) in [5.41, 5.74) is 2.86. The van der Waals surface area contributed by atoms with Gasteiger partial charge in [0.1, 0.15) is 22.6 Å². The van der Waals surface area contributed by atoms with Crippen LogP contribution in [0.1, 0.15) is 47.7 Å². The monoisotopic (exact) mass is 467 g/mol. The van der Waals surface area contributed by atoms with Crippen LogP contribution in [0.4, 0.5) is 0 Å². The van der Waals surface area contributed by atoms with Crippen LogP contribution in [0.5, 0.6) is 0 Å². The molecule has 2 aromatic heterocycles. The van der Waals surface area contributed by atoms with Crippen molar-refractivity contribution < 1.29 is 4.79 Å². The molecular formula is C21H27Cl2N5OS. The molecule has 1 saturated heterocycles. The van der Waals surface area contributed by atoms with E-state index in [9.17, 15) is 4.79 Å². The van der Waals surface area contributed by atoms with E-state index in [1.807, 2.05) is 28.1 Å². The van der Waals surface area contributed by atoms with E-state index in [0.717, 1.165) is 22.9 Å². The number of halogens is 2. The van der Waals surface area contributed by atoms with Crippen molar-refractivity contribution in [2.45, 2.75) is 25.8 Å². The fourth-order valence-electron chi connectivity index (χ4n) is 3.54. The predicted octanol–water partition coefficient (Wildman–Crippen LogP) is 4.30. The Balaban J connectivity index is 0.00000160. The van der Waals surface area contributed by atoms with Crippen LogP contribution in [0.2, 0.25) is 0 Å². The molecule has 0 saturated carbocycles. The lowest BCUT2D eigenvalue weighted by Crippen LogP contribution is -2.49. The van der Waals surface area contributed by atoms with E-state index >= 15 is 0 Å². The van der Waals surface area contributed by atoms with Gasteiger partial charge in [-0.25, -0.2) is 9.97 Å². The number of imidazole rings is 1. The van der Waals surface area contributed by atoms with Gasteiger partial charge in [0.25, 0.3) is 5.91 Å². The van der Waals surface area contributed by atoms with Crippen LogP contribution in [0, 0.1) is 0 Å². The number of carbonyl (C=O) groups excluding carboxylic acids is 1. The summed E-state index contributed by atoms with van der Waals surface area (Å²) in [5.74, 6) is 1.36. The molecule has 1 aromatic carbocycles. The van der Waals surface area contributed by atoms with Crippen molar-refractivity contribution in [3.05, 3.63) is 59.1 Å². The van der Waals surface area contributed by atoms with Crippen LogP contribution in [-0.4, -0.2) is 45.0 Å². The molecule has 4 rings (SSSR count). The number of nitrogens with zero attached hydrogens (tertiary/aromatic N) is 4. The number of aryl methyl sites for hydroxylation is 1. The summed E-state index contributed by atoms with van der Waals surface area (Å²) in [4.78, 5) is 24.2. The van der Waals surface area contributed by atoms with E-state index in [0.29, 0.717) is 24.7 Å². The van der Waals surface area contributed by atoms with Crippen molar-refractivity contribution in [1.82, 2.24) is 24.8 Å². The fourth-order valence-corrected chi connectivity index (χ4v) is 4.34. The summed E-state index contributed by atoms with van der Waals surface area (Å²) < 4.78 is 1.97. The molecule has 1 atom stereocenters. The van der Waals surface area contributed by atoms with Crippen molar-refractivity contribution in [1.29, 1.82) is 0 Å². The van der Waals surface area contributed by atoms with Crippen molar-refractivity contribution in [2.24, 2.45) is 7.05 Å². The highest BCUT2D eigenvalue weighted by Gasteiger charge is 2.32. The molecule has 1 aliphatic rings. The summed E-state index contributed by atoms with van der Waals surface area (Å²) >= 11 is 1.52. The molecule has 1 unspecified atom stereocenters. The van der Waals surface area contributed by atoms with Gasteiger partial charge in [0.2, 0.25) is 0 Å². The second-order valence-electron chi connectivity index (χ2n) is 7.43. The van der Waals surface area contributed by atoms with Crippen molar-refractivity contribution in [3.63, 3.8) is 0 Å². The lowest BCUT2D eigenvalue weighted by atomic mass is 10.0. The summed E-state index contributed by atoms with van der Waals surface area (Å²) in [5, 5.41) is 6.11. The zero-order chi connectivity index (χ0) is 19.7. The smallest absolute Gasteiger partial charge is 0.274 e. The van der Waals surface area contributed by atoms with Gasteiger partial charge in [0, 0.05) is 50.0 Å². The Morgan fingerprint density at radius 2 is 1.97 bits per heavy atom. The number of hydrogen-bond acceptors (Lipinski definition) is 5. The Morgan fingerprint density at radius 3 is 2.60 bits per heavy atom. The Hall–Kier alpha value is -1.93. The van der Waals surface area contributed by atoms with Gasteiger partial charge in [-0.05, 0) is 11.5 Å². The Bertz CT molecular complexity index is 970. The number of hydrogen-bond donors (Lipinski definition) is 1. The Morgan fingerprint density at radius 1 is 1.23 bits per heavy atom. The first-order valence-corrected chi connectivity index (χ1v) is 10.5. The van der Waals surface area contributed by atoms with E-state index in [-0.39, 0.29) is 36.8 Å². The maximum Gasteiger partial charge on any atom is 0.274 e. The molecule has 0 bridgehead atoms. The number of nitrogens with one attached hydrogen (secondary N) is 1. The lowest BCUT2D eigenvalue weighted by molar-refractivity contribution is 0.0615. The molecular weight excluding hydrogens is 441 g/mol. The van der Waals surface area contributed by atoms with Crippen LogP contribution in [0.25, 0.3) is 10.6 Å². The van der Waals surface area contributed by atoms with Crippen LogP contribution < -0.4 is 5.32 Å². The van der Waals surface area contributed by atoms with Gasteiger partial charge in [-0.15, -0.1) is 36.2 Å². The van der Waals surface area contributed by atoms with E-state index in [4.69, 9.17) is 0 Å². The molecule has 9 heteroatoms. The topological polar surface area (TPSA) is 63.1 Å². The molecule has 0 aliphatic carbocycles. The van der Waals surface area contributed by atoms with Gasteiger partial charge in [-0.3, -0.25) is 4.79 Å². The van der Waals surface area contributed by atoms with Gasteiger partial charge in [0.15, 0.2) is 0 Å². The second kappa shape index (κ2) is 10.4. The third-order valence-corrected chi connectivity index (χ3v) is 6.10. The number of rotatable bonds is 4. The Kier molecular flexibility index (Phi) is 8.43. The van der Waals surface area contributed by atoms with Crippen molar-refractivity contribution in [2.75, 3.05) is 19.6 Å². The van der Waals surface area contributed by atoms with Crippen molar-refractivity contribution in [3.8, 4) is 10.6 Å². The van der Waals surface area contributed by atoms with E-state index in [1.54, 1.807) is 6.20 Å². The molecule has 6 nitrogen and oxygen atoms in total. The number of piperazine rings is 1. The first kappa shape index (κ1) is 24.3. The third kappa shape index (κ3) is 4.86. The number of aromatic nitrogens is 3. The minimum Gasteiger partial charge on any atom is -0.336 e. The molecule has 30 heavy (non-hydrogen) atoms. The van der Waals surface area contributed by atoms with Crippen LogP contribution in [0.3, 0.4) is 0 Å². The minimum atomic E-state index is -0.0864. The standard InChI is InChI=1S/C21H25N5OS.2ClH/c1-14(2)15-4-6-16(7-5-15)20-24-17(13-28-20)21(27)26-11-8-22-12-18(26)19-23-9-10-25(19)3;;/h4-7,9-10,13-14,18,22H,8,11-12H2,1-3H3;2*1H. The van der Waals surface area contributed by atoms with Gasteiger partial charge < -0.3 is 14.8 Å². The SMILES string of the molecule is CC(C)c1ccc(-c2nc(C(=O)N3CCNCC3c3nccn3C)cs2)cc1.Cl.Cl. The summed E-state index contributed by atoms with van der Waals surface area (Å²) in [6.45, 7) is 6.48. The van der Waals surface area contributed by atoms with Gasteiger partial charge in [-0.2, -0.15) is 0 Å². The molecule has 1 aliphatic heterocycles. The Labute approximate surface area is 193 Å². The molecule has 1 N–H and O–H groups in total. The number of carbonyl (C=O) groups is 1. The quantitative estimate of drug-likeness (QED) is 0.621. The second-order valence-corrected chi connectivity index (χ2v) is 8.29. The first-order chi connectivity index (χ1) is 13.5. The molecule has 162 valence electrons. The predicted molar refractivity (Wildman–Crippen MR) is 126 cm³/mol. The van der Waals surface area contributed by atoms with Crippen LogP contribution >= 0.6 is 36.2 Å². The third-order valence-electron chi connectivity index (χ3n) is 5.21. The van der Waals surface area contributed by atoms with Crippen molar-refractivity contribution >= 4 is 42.1 Å². The largest absolute Gasteiger partial charge is 0.336 e. The maximum atomic E-state index is 13.2. The summed E-state index contributed by atoms with van der Waals surface area (Å²) in [6.07, 6.45) is 3.68. The van der Waals surface area contributed by atoms with E-state index in [1.165, 1.54) is 16.9 Å². The molecule has 0 radical (unpaired) electrons. The highest BCUT2D eigenvalue weighted by atomic mass is 35.5. The first-order valence-electron chi connectivity index (χ1n) is 9.59. The fraction of sp³-hybridized carbons (Fsp3) is 0.381. The van der Waals surface area contributed by atoms with Gasteiger partial charge >= 0.3 is 0 Å². The normalized spacial score (nSPS) is 16.1. The molecule has 1 amide bonds. The van der Waals surface area contributed by atoms with Gasteiger partial charge in [0.05, 0.1) is 0 Å².